The summed E-state index contributed by atoms with van der Waals surface area (Å²) in [7, 11) is 1.64. The van der Waals surface area contributed by atoms with Crippen molar-refractivity contribution in [2.24, 2.45) is 0 Å². The van der Waals surface area contributed by atoms with Crippen LogP contribution in [0.2, 0.25) is 0 Å². The summed E-state index contributed by atoms with van der Waals surface area (Å²) in [5.74, 6) is 0.799. The van der Waals surface area contributed by atoms with E-state index in [-0.39, 0.29) is 0 Å². The lowest BCUT2D eigenvalue weighted by atomic mass is 10.0. The van der Waals surface area contributed by atoms with E-state index < -0.39 is 6.10 Å². The van der Waals surface area contributed by atoms with E-state index in [1.165, 1.54) is 0 Å². The number of thiazole rings is 1. The highest BCUT2D eigenvalue weighted by Crippen LogP contribution is 2.26. The molecule has 19 heavy (non-hydrogen) atoms. The highest BCUT2D eigenvalue weighted by molar-refractivity contribution is 9.10. The van der Waals surface area contributed by atoms with Gasteiger partial charge in [-0.15, -0.1) is 11.3 Å². The van der Waals surface area contributed by atoms with Gasteiger partial charge in [0.1, 0.15) is 5.75 Å². The van der Waals surface area contributed by atoms with Crippen LogP contribution in [0.4, 0.5) is 0 Å². The molecule has 0 bridgehead atoms. The van der Waals surface area contributed by atoms with Crippen LogP contribution in [0.3, 0.4) is 0 Å². The first-order valence-electron chi connectivity index (χ1n) is 6.00. The Balaban J connectivity index is 1.98. The van der Waals surface area contributed by atoms with Crippen molar-refractivity contribution in [3.63, 3.8) is 0 Å². The fraction of sp³-hybridized carbons (Fsp3) is 0.357. The van der Waals surface area contributed by atoms with Crippen LogP contribution in [0.5, 0.6) is 5.75 Å². The Morgan fingerprint density at radius 3 is 2.79 bits per heavy atom. The number of ether oxygens (including phenoxy) is 1. The normalized spacial score (nSPS) is 12.4. The fourth-order valence-corrected chi connectivity index (χ4v) is 3.14. The SMILES string of the molecule is COc1ccc(CC(O)Cc2csc(C)n2)cc1Br. The molecule has 3 nitrogen and oxygen atoms in total. The van der Waals surface area contributed by atoms with Crippen molar-refractivity contribution >= 4 is 27.3 Å². The first kappa shape index (κ1) is 14.5. The summed E-state index contributed by atoms with van der Waals surface area (Å²) in [5, 5.41) is 13.1. The molecule has 0 aliphatic heterocycles. The zero-order valence-electron chi connectivity index (χ0n) is 10.9. The van der Waals surface area contributed by atoms with Gasteiger partial charge in [-0.05, 0) is 47.0 Å². The van der Waals surface area contributed by atoms with E-state index in [9.17, 15) is 5.11 Å². The number of nitrogens with zero attached hydrogens (tertiary/aromatic N) is 1. The van der Waals surface area contributed by atoms with Crippen LogP contribution >= 0.6 is 27.3 Å². The number of methoxy groups -OCH3 is 1. The summed E-state index contributed by atoms with van der Waals surface area (Å²) in [4.78, 5) is 4.37. The molecule has 0 radical (unpaired) electrons. The molecular formula is C14H16BrNO2S. The van der Waals surface area contributed by atoms with Crippen LogP contribution in [0.25, 0.3) is 0 Å². The maximum Gasteiger partial charge on any atom is 0.133 e. The number of halogens is 1. The lowest BCUT2D eigenvalue weighted by Gasteiger charge is -2.11. The highest BCUT2D eigenvalue weighted by atomic mass is 79.9. The van der Waals surface area contributed by atoms with Gasteiger partial charge in [0, 0.05) is 11.8 Å². The van der Waals surface area contributed by atoms with Crippen LogP contribution in [-0.4, -0.2) is 23.3 Å². The van der Waals surface area contributed by atoms with Gasteiger partial charge in [-0.1, -0.05) is 6.07 Å². The molecule has 1 heterocycles. The van der Waals surface area contributed by atoms with E-state index in [4.69, 9.17) is 4.74 Å². The van der Waals surface area contributed by atoms with Crippen LogP contribution in [0.15, 0.2) is 28.1 Å². The van der Waals surface area contributed by atoms with Crippen LogP contribution < -0.4 is 4.74 Å². The van der Waals surface area contributed by atoms with Gasteiger partial charge in [-0.25, -0.2) is 4.98 Å². The minimum absolute atomic E-state index is 0.415. The second-order valence-corrected chi connectivity index (χ2v) is 6.31. The molecule has 1 unspecified atom stereocenters. The highest BCUT2D eigenvalue weighted by Gasteiger charge is 2.10. The molecule has 0 saturated carbocycles. The molecule has 0 saturated heterocycles. The Kier molecular flexibility index (Phi) is 4.96. The van der Waals surface area contributed by atoms with Crippen molar-refractivity contribution < 1.29 is 9.84 Å². The van der Waals surface area contributed by atoms with Crippen LogP contribution in [0, 0.1) is 6.92 Å². The lowest BCUT2D eigenvalue weighted by molar-refractivity contribution is 0.174. The van der Waals surface area contributed by atoms with Gasteiger partial charge < -0.3 is 9.84 Å². The van der Waals surface area contributed by atoms with Gasteiger partial charge in [0.25, 0.3) is 0 Å². The smallest absolute Gasteiger partial charge is 0.133 e. The van der Waals surface area contributed by atoms with Crippen molar-refractivity contribution in [2.75, 3.05) is 7.11 Å². The Morgan fingerprint density at radius 2 is 2.21 bits per heavy atom. The number of hydrogen-bond donors (Lipinski definition) is 1. The van der Waals surface area contributed by atoms with Crippen molar-refractivity contribution in [3.05, 3.63) is 44.3 Å². The quantitative estimate of drug-likeness (QED) is 0.906. The zero-order chi connectivity index (χ0) is 13.8. The summed E-state index contributed by atoms with van der Waals surface area (Å²) in [6.45, 7) is 1.97. The predicted molar refractivity (Wildman–Crippen MR) is 81.0 cm³/mol. The van der Waals surface area contributed by atoms with E-state index in [1.54, 1.807) is 18.4 Å². The molecule has 2 aromatic rings. The number of aryl methyl sites for hydroxylation is 1. The third kappa shape index (κ3) is 4.03. The average molecular weight is 342 g/mol. The molecule has 0 aliphatic carbocycles. The lowest BCUT2D eigenvalue weighted by Crippen LogP contribution is -2.14. The van der Waals surface area contributed by atoms with Gasteiger partial charge in [0.2, 0.25) is 0 Å². The summed E-state index contributed by atoms with van der Waals surface area (Å²) in [5.41, 5.74) is 2.04. The van der Waals surface area contributed by atoms with Crippen molar-refractivity contribution in [1.29, 1.82) is 0 Å². The Labute approximate surface area is 125 Å². The van der Waals surface area contributed by atoms with Gasteiger partial charge in [0.05, 0.1) is 28.4 Å². The molecule has 0 amide bonds. The van der Waals surface area contributed by atoms with E-state index in [1.807, 2.05) is 30.5 Å². The molecule has 1 aromatic heterocycles. The maximum atomic E-state index is 10.1. The van der Waals surface area contributed by atoms with Gasteiger partial charge >= 0.3 is 0 Å². The summed E-state index contributed by atoms with van der Waals surface area (Å²) in [6, 6.07) is 5.85. The topological polar surface area (TPSA) is 42.4 Å². The molecule has 1 aromatic carbocycles. The summed E-state index contributed by atoms with van der Waals surface area (Å²) in [6.07, 6.45) is 0.787. The number of hydrogen-bond acceptors (Lipinski definition) is 4. The van der Waals surface area contributed by atoms with Crippen LogP contribution in [-0.2, 0) is 12.8 Å². The van der Waals surface area contributed by atoms with Gasteiger partial charge in [-0.2, -0.15) is 0 Å². The fourth-order valence-electron chi connectivity index (χ4n) is 1.92. The first-order chi connectivity index (χ1) is 9.08. The third-order valence-corrected chi connectivity index (χ3v) is 4.24. The summed E-state index contributed by atoms with van der Waals surface area (Å²) >= 11 is 5.06. The molecular weight excluding hydrogens is 326 g/mol. The largest absolute Gasteiger partial charge is 0.496 e. The Hall–Kier alpha value is -0.910. The monoisotopic (exact) mass is 341 g/mol. The standard InChI is InChI=1S/C14H16BrNO2S/c1-9-16-11(8-19-9)7-12(17)5-10-3-4-14(18-2)13(15)6-10/h3-4,6,8,12,17H,5,7H2,1-2H3. The second-order valence-electron chi connectivity index (χ2n) is 4.39. The van der Waals surface area contributed by atoms with Crippen molar-refractivity contribution in [3.8, 4) is 5.75 Å². The minimum Gasteiger partial charge on any atom is -0.496 e. The zero-order valence-corrected chi connectivity index (χ0v) is 13.3. The second kappa shape index (κ2) is 6.50. The van der Waals surface area contributed by atoms with Gasteiger partial charge in [-0.3, -0.25) is 0 Å². The van der Waals surface area contributed by atoms with E-state index in [0.29, 0.717) is 12.8 Å². The molecule has 102 valence electrons. The first-order valence-corrected chi connectivity index (χ1v) is 7.67. The molecule has 5 heteroatoms. The third-order valence-electron chi connectivity index (χ3n) is 2.80. The van der Waals surface area contributed by atoms with E-state index in [0.717, 1.165) is 26.5 Å². The summed E-state index contributed by atoms with van der Waals surface area (Å²) < 4.78 is 6.09. The number of aliphatic hydroxyl groups is 1. The number of aliphatic hydroxyl groups excluding tert-OH is 1. The molecule has 0 fully saturated rings. The Bertz CT molecular complexity index is 556. The molecule has 0 aliphatic rings. The van der Waals surface area contributed by atoms with Crippen LogP contribution in [0.1, 0.15) is 16.3 Å². The number of aromatic nitrogens is 1. The maximum absolute atomic E-state index is 10.1. The van der Waals surface area contributed by atoms with Crippen molar-refractivity contribution in [1.82, 2.24) is 4.98 Å². The number of benzene rings is 1. The van der Waals surface area contributed by atoms with E-state index >= 15 is 0 Å². The van der Waals surface area contributed by atoms with Crippen molar-refractivity contribution in [2.45, 2.75) is 25.9 Å². The predicted octanol–water partition coefficient (Wildman–Crippen LogP) is 3.37. The minimum atomic E-state index is -0.415. The average Bonchev–Trinajstić information content (AvgIpc) is 2.74. The molecule has 1 atom stereocenters. The Morgan fingerprint density at radius 1 is 1.42 bits per heavy atom. The molecule has 1 N–H and O–H groups in total. The molecule has 2 rings (SSSR count). The van der Waals surface area contributed by atoms with Gasteiger partial charge in [0.15, 0.2) is 0 Å². The van der Waals surface area contributed by atoms with E-state index in [2.05, 4.69) is 20.9 Å². The molecule has 0 spiro atoms. The number of rotatable bonds is 5.